The van der Waals surface area contributed by atoms with E-state index in [-0.39, 0.29) is 4.90 Å². The Morgan fingerprint density at radius 1 is 0.880 bits per heavy atom. The number of aromatic nitrogens is 1. The van der Waals surface area contributed by atoms with E-state index in [0.717, 1.165) is 5.56 Å². The molecule has 6 nitrogen and oxygen atoms in total. The zero-order valence-corrected chi connectivity index (χ0v) is 15.3. The number of nitrogens with zero attached hydrogens (tertiary/aromatic N) is 1. The molecule has 1 heterocycles. The Hall–Kier alpha value is -2.67. The lowest BCUT2D eigenvalue weighted by atomic mass is 10.2. The predicted octanol–water partition coefficient (Wildman–Crippen LogP) is 3.21. The van der Waals surface area contributed by atoms with Crippen LogP contribution in [-0.4, -0.2) is 33.7 Å². The maximum absolute atomic E-state index is 13.1. The Kier molecular flexibility index (Phi) is 4.34. The summed E-state index contributed by atoms with van der Waals surface area (Å²) < 4.78 is 43.5. The minimum Gasteiger partial charge on any atom is -0.493 e. The molecule has 0 aliphatic rings. The van der Waals surface area contributed by atoms with Crippen LogP contribution >= 0.6 is 0 Å². The molecule has 0 spiro atoms. The largest absolute Gasteiger partial charge is 0.493 e. The number of fused-ring (bicyclic) bond motifs is 1. The number of methoxy groups -OCH3 is 3. The van der Waals surface area contributed by atoms with Crippen molar-refractivity contribution < 1.29 is 22.6 Å². The van der Waals surface area contributed by atoms with Gasteiger partial charge in [-0.05, 0) is 31.2 Å². The molecule has 0 radical (unpaired) electrons. The van der Waals surface area contributed by atoms with E-state index in [9.17, 15) is 8.42 Å². The molecule has 3 rings (SSSR count). The average Bonchev–Trinajstić information content (AvgIpc) is 3.04. The smallest absolute Gasteiger partial charge is 0.268 e. The molecule has 0 bridgehead atoms. The average molecular weight is 361 g/mol. The Morgan fingerprint density at radius 3 is 2.08 bits per heavy atom. The Morgan fingerprint density at radius 2 is 1.52 bits per heavy atom. The summed E-state index contributed by atoms with van der Waals surface area (Å²) in [5.74, 6) is 1.12. The molecule has 25 heavy (non-hydrogen) atoms. The highest BCUT2D eigenvalue weighted by molar-refractivity contribution is 7.90. The molecule has 7 heteroatoms. The van der Waals surface area contributed by atoms with Crippen molar-refractivity contribution >= 4 is 20.9 Å². The summed E-state index contributed by atoms with van der Waals surface area (Å²) in [4.78, 5) is 0.201. The molecule has 0 saturated heterocycles. The lowest BCUT2D eigenvalue weighted by molar-refractivity contribution is 0.327. The van der Waals surface area contributed by atoms with Crippen LogP contribution in [-0.2, 0) is 10.0 Å². The first kappa shape index (κ1) is 17.2. The van der Waals surface area contributed by atoms with Crippen LogP contribution in [0.1, 0.15) is 5.56 Å². The van der Waals surface area contributed by atoms with E-state index < -0.39 is 10.0 Å². The second-order valence-electron chi connectivity index (χ2n) is 5.51. The topological polar surface area (TPSA) is 66.8 Å². The Balaban J connectivity index is 2.32. The van der Waals surface area contributed by atoms with Gasteiger partial charge in [0.1, 0.15) is 5.52 Å². The van der Waals surface area contributed by atoms with Gasteiger partial charge >= 0.3 is 0 Å². The van der Waals surface area contributed by atoms with Gasteiger partial charge in [-0.2, -0.15) is 0 Å². The highest BCUT2D eigenvalue weighted by Crippen LogP contribution is 2.44. The Labute approximate surface area is 146 Å². The summed E-state index contributed by atoms with van der Waals surface area (Å²) >= 11 is 0. The van der Waals surface area contributed by atoms with Crippen molar-refractivity contribution in [3.05, 3.63) is 48.2 Å². The lowest BCUT2D eigenvalue weighted by Crippen LogP contribution is -2.12. The summed E-state index contributed by atoms with van der Waals surface area (Å²) in [6, 6.07) is 10.1. The van der Waals surface area contributed by atoms with Gasteiger partial charge in [0.15, 0.2) is 11.5 Å². The summed E-state index contributed by atoms with van der Waals surface area (Å²) in [6.07, 6.45) is 1.50. The molecular formula is C18H19NO5S. The molecule has 2 aromatic carbocycles. The predicted molar refractivity (Wildman–Crippen MR) is 95.4 cm³/mol. The second-order valence-corrected chi connectivity index (χ2v) is 7.33. The van der Waals surface area contributed by atoms with E-state index in [1.165, 1.54) is 31.5 Å². The van der Waals surface area contributed by atoms with E-state index >= 15 is 0 Å². The summed E-state index contributed by atoms with van der Waals surface area (Å²) in [5.41, 5.74) is 1.39. The fourth-order valence-electron chi connectivity index (χ4n) is 2.76. The van der Waals surface area contributed by atoms with Gasteiger partial charge in [-0.3, -0.25) is 0 Å². The number of aryl methyl sites for hydroxylation is 1. The van der Waals surface area contributed by atoms with Gasteiger partial charge in [-0.25, -0.2) is 12.4 Å². The number of hydrogen-bond acceptors (Lipinski definition) is 5. The molecule has 3 aromatic rings. The van der Waals surface area contributed by atoms with E-state index in [0.29, 0.717) is 28.2 Å². The maximum atomic E-state index is 13.1. The minimum atomic E-state index is -3.78. The second kappa shape index (κ2) is 6.33. The van der Waals surface area contributed by atoms with Gasteiger partial charge in [0.25, 0.3) is 10.0 Å². The number of rotatable bonds is 5. The van der Waals surface area contributed by atoms with E-state index in [1.54, 1.807) is 36.4 Å². The zero-order valence-electron chi connectivity index (χ0n) is 14.4. The van der Waals surface area contributed by atoms with Gasteiger partial charge in [-0.1, -0.05) is 17.7 Å². The fourth-order valence-corrected chi connectivity index (χ4v) is 4.12. The molecule has 0 amide bonds. The van der Waals surface area contributed by atoms with E-state index in [1.807, 2.05) is 6.92 Å². The molecule has 132 valence electrons. The third-order valence-electron chi connectivity index (χ3n) is 4.02. The first-order valence-corrected chi connectivity index (χ1v) is 9.00. The van der Waals surface area contributed by atoms with Gasteiger partial charge in [0, 0.05) is 11.6 Å². The standard InChI is InChI=1S/C18H19NO5S/c1-12-5-7-14(8-6-12)25(20,21)19-10-9-13-11-15(22-2)17(23-3)18(24-4)16(13)19/h5-11H,1-4H3. The number of benzene rings is 2. The van der Waals surface area contributed by atoms with Crippen molar-refractivity contribution in [3.8, 4) is 17.2 Å². The molecular weight excluding hydrogens is 342 g/mol. The first-order chi connectivity index (χ1) is 11.9. The molecule has 0 N–H and O–H groups in total. The van der Waals surface area contributed by atoms with Crippen LogP contribution in [0.25, 0.3) is 10.9 Å². The number of hydrogen-bond donors (Lipinski definition) is 0. The monoisotopic (exact) mass is 361 g/mol. The normalized spacial score (nSPS) is 11.5. The van der Waals surface area contributed by atoms with Crippen LogP contribution in [0.5, 0.6) is 17.2 Å². The van der Waals surface area contributed by atoms with Crippen LogP contribution < -0.4 is 14.2 Å². The summed E-state index contributed by atoms with van der Waals surface area (Å²) in [6.45, 7) is 1.90. The van der Waals surface area contributed by atoms with Crippen LogP contribution in [0.3, 0.4) is 0 Å². The summed E-state index contributed by atoms with van der Waals surface area (Å²) in [5, 5.41) is 0.671. The van der Waals surface area contributed by atoms with Crippen LogP contribution in [0.2, 0.25) is 0 Å². The first-order valence-electron chi connectivity index (χ1n) is 7.56. The Bertz CT molecular complexity index is 1020. The van der Waals surface area contributed by atoms with Crippen LogP contribution in [0.15, 0.2) is 47.5 Å². The zero-order chi connectivity index (χ0) is 18.2. The number of ether oxygens (including phenoxy) is 3. The molecule has 0 aliphatic carbocycles. The van der Waals surface area contributed by atoms with Crippen molar-refractivity contribution in [2.24, 2.45) is 0 Å². The van der Waals surface area contributed by atoms with E-state index in [2.05, 4.69) is 0 Å². The molecule has 1 aromatic heterocycles. The van der Waals surface area contributed by atoms with Crippen molar-refractivity contribution in [3.63, 3.8) is 0 Å². The van der Waals surface area contributed by atoms with Gasteiger partial charge < -0.3 is 14.2 Å². The molecule has 0 fully saturated rings. The SMILES string of the molecule is COc1cc2ccn(S(=O)(=O)c3ccc(C)cc3)c2c(OC)c1OC. The molecule has 0 aliphatic heterocycles. The van der Waals surface area contributed by atoms with Crippen LogP contribution in [0.4, 0.5) is 0 Å². The van der Waals surface area contributed by atoms with Crippen LogP contribution in [0, 0.1) is 6.92 Å². The van der Waals surface area contributed by atoms with Crippen molar-refractivity contribution in [2.75, 3.05) is 21.3 Å². The highest BCUT2D eigenvalue weighted by atomic mass is 32.2. The van der Waals surface area contributed by atoms with E-state index in [4.69, 9.17) is 14.2 Å². The lowest BCUT2D eigenvalue weighted by Gasteiger charge is -2.15. The fraction of sp³-hybridized carbons (Fsp3) is 0.222. The summed E-state index contributed by atoms with van der Waals surface area (Å²) in [7, 11) is 0.686. The van der Waals surface area contributed by atoms with Crippen molar-refractivity contribution in [1.82, 2.24) is 3.97 Å². The quantitative estimate of drug-likeness (QED) is 0.698. The third-order valence-corrected chi connectivity index (χ3v) is 5.71. The maximum Gasteiger partial charge on any atom is 0.268 e. The molecule has 0 saturated carbocycles. The van der Waals surface area contributed by atoms with Gasteiger partial charge in [0.05, 0.1) is 26.2 Å². The van der Waals surface area contributed by atoms with Crippen molar-refractivity contribution in [1.29, 1.82) is 0 Å². The third kappa shape index (κ3) is 2.70. The van der Waals surface area contributed by atoms with Crippen molar-refractivity contribution in [2.45, 2.75) is 11.8 Å². The van der Waals surface area contributed by atoms with Gasteiger partial charge in [0.2, 0.25) is 5.75 Å². The molecule has 0 atom stereocenters. The van der Waals surface area contributed by atoms with Gasteiger partial charge in [-0.15, -0.1) is 0 Å². The highest BCUT2D eigenvalue weighted by Gasteiger charge is 2.25. The molecule has 0 unspecified atom stereocenters. The minimum absolute atomic E-state index is 0.201.